The van der Waals surface area contributed by atoms with E-state index in [1.54, 1.807) is 0 Å². The van der Waals surface area contributed by atoms with Crippen LogP contribution in [0.15, 0.2) is 0 Å². The van der Waals surface area contributed by atoms with Crippen LogP contribution in [0.5, 0.6) is 0 Å². The van der Waals surface area contributed by atoms with Crippen molar-refractivity contribution in [2.24, 2.45) is 0 Å². The second-order valence-corrected chi connectivity index (χ2v) is 3.62. The van der Waals surface area contributed by atoms with Crippen LogP contribution in [-0.4, -0.2) is 25.7 Å². The fourth-order valence-electron chi connectivity index (χ4n) is 0.817. The van der Waals surface area contributed by atoms with Crippen LogP contribution >= 0.6 is 0 Å². The molecular formula is C9H22N2. The summed E-state index contributed by atoms with van der Waals surface area (Å²) in [4.78, 5) is 0. The van der Waals surface area contributed by atoms with E-state index in [9.17, 15) is 0 Å². The van der Waals surface area contributed by atoms with Crippen LogP contribution < -0.4 is 10.6 Å². The number of rotatable bonds is 6. The molecular weight excluding hydrogens is 136 g/mol. The van der Waals surface area contributed by atoms with Gasteiger partial charge in [-0.25, -0.2) is 0 Å². The van der Waals surface area contributed by atoms with Gasteiger partial charge in [-0.05, 0) is 46.8 Å². The van der Waals surface area contributed by atoms with Crippen LogP contribution in [0, 0.1) is 0 Å². The molecule has 0 saturated heterocycles. The lowest BCUT2D eigenvalue weighted by Gasteiger charge is -2.24. The van der Waals surface area contributed by atoms with Crippen molar-refractivity contribution < 1.29 is 0 Å². The second-order valence-electron chi connectivity index (χ2n) is 3.62. The Kier molecular flexibility index (Phi) is 5.51. The van der Waals surface area contributed by atoms with Gasteiger partial charge < -0.3 is 10.6 Å². The van der Waals surface area contributed by atoms with Crippen molar-refractivity contribution in [3.8, 4) is 0 Å². The molecule has 0 aliphatic heterocycles. The van der Waals surface area contributed by atoms with E-state index in [0.29, 0.717) is 5.54 Å². The third kappa shape index (κ3) is 6.32. The van der Waals surface area contributed by atoms with Gasteiger partial charge in [0.2, 0.25) is 0 Å². The molecule has 0 heterocycles. The van der Waals surface area contributed by atoms with Gasteiger partial charge in [0.1, 0.15) is 0 Å². The van der Waals surface area contributed by atoms with Crippen LogP contribution in [0.2, 0.25) is 0 Å². The average Bonchev–Trinajstić information content (AvgIpc) is 1.99. The van der Waals surface area contributed by atoms with Crippen molar-refractivity contribution >= 4 is 0 Å². The number of nitrogens with one attached hydrogen (secondary N) is 2. The molecule has 0 aromatic carbocycles. The van der Waals surface area contributed by atoms with E-state index < -0.39 is 0 Å². The summed E-state index contributed by atoms with van der Waals surface area (Å²) in [6.45, 7) is 8.91. The Labute approximate surface area is 70.8 Å². The summed E-state index contributed by atoms with van der Waals surface area (Å²) in [6.07, 6.45) is 2.40. The minimum atomic E-state index is 0.313. The molecule has 0 amide bonds. The zero-order chi connectivity index (χ0) is 8.74. The van der Waals surface area contributed by atoms with Gasteiger partial charge in [0, 0.05) is 5.54 Å². The highest BCUT2D eigenvalue weighted by Gasteiger charge is 2.11. The predicted molar refractivity (Wildman–Crippen MR) is 50.9 cm³/mol. The Bertz CT molecular complexity index is 89.6. The minimum Gasteiger partial charge on any atom is -0.320 e. The largest absolute Gasteiger partial charge is 0.320 e. The molecule has 2 heteroatoms. The first kappa shape index (κ1) is 10.9. The van der Waals surface area contributed by atoms with Crippen molar-refractivity contribution in [2.45, 2.75) is 39.2 Å². The second kappa shape index (κ2) is 5.56. The first-order valence-electron chi connectivity index (χ1n) is 4.52. The first-order chi connectivity index (χ1) is 5.12. The smallest absolute Gasteiger partial charge is 0.0122 e. The summed E-state index contributed by atoms with van der Waals surface area (Å²) in [7, 11) is 1.99. The average molecular weight is 158 g/mol. The standard InChI is InChI=1S/C9H22N2/c1-5-9(2,3)11-8-6-7-10-4/h10-11H,5-8H2,1-4H3. The Morgan fingerprint density at radius 1 is 1.18 bits per heavy atom. The Morgan fingerprint density at radius 3 is 2.27 bits per heavy atom. The van der Waals surface area contributed by atoms with E-state index >= 15 is 0 Å². The van der Waals surface area contributed by atoms with Gasteiger partial charge in [0.05, 0.1) is 0 Å². The normalized spacial score (nSPS) is 12.0. The number of hydrogen-bond donors (Lipinski definition) is 2. The highest BCUT2D eigenvalue weighted by Crippen LogP contribution is 2.05. The van der Waals surface area contributed by atoms with Crippen molar-refractivity contribution in [3.05, 3.63) is 0 Å². The molecule has 0 unspecified atom stereocenters. The van der Waals surface area contributed by atoms with Crippen LogP contribution in [0.3, 0.4) is 0 Å². The minimum absolute atomic E-state index is 0.313. The van der Waals surface area contributed by atoms with E-state index in [4.69, 9.17) is 0 Å². The molecule has 0 aliphatic carbocycles. The van der Waals surface area contributed by atoms with Crippen LogP contribution in [0.4, 0.5) is 0 Å². The molecule has 0 fully saturated rings. The maximum absolute atomic E-state index is 3.50. The highest BCUT2D eigenvalue weighted by atomic mass is 15.0. The van der Waals surface area contributed by atoms with Crippen LogP contribution in [0.1, 0.15) is 33.6 Å². The molecule has 0 aromatic rings. The summed E-state index contributed by atoms with van der Waals surface area (Å²) in [5, 5.41) is 6.64. The van der Waals surface area contributed by atoms with Crippen LogP contribution in [-0.2, 0) is 0 Å². The van der Waals surface area contributed by atoms with Gasteiger partial charge >= 0.3 is 0 Å². The zero-order valence-corrected chi connectivity index (χ0v) is 8.33. The molecule has 0 radical (unpaired) electrons. The Balaban J connectivity index is 3.23. The molecule has 0 bridgehead atoms. The fourth-order valence-corrected chi connectivity index (χ4v) is 0.817. The van der Waals surface area contributed by atoms with Gasteiger partial charge in [-0.3, -0.25) is 0 Å². The third-order valence-corrected chi connectivity index (χ3v) is 2.09. The van der Waals surface area contributed by atoms with E-state index in [1.165, 1.54) is 12.8 Å². The van der Waals surface area contributed by atoms with Crippen molar-refractivity contribution in [1.82, 2.24) is 10.6 Å². The third-order valence-electron chi connectivity index (χ3n) is 2.09. The van der Waals surface area contributed by atoms with Gasteiger partial charge in [0.25, 0.3) is 0 Å². The van der Waals surface area contributed by atoms with Gasteiger partial charge in [0.15, 0.2) is 0 Å². The topological polar surface area (TPSA) is 24.1 Å². The molecule has 0 aromatic heterocycles. The summed E-state index contributed by atoms with van der Waals surface area (Å²) in [6, 6.07) is 0. The molecule has 0 aliphatic rings. The molecule has 0 spiro atoms. The maximum atomic E-state index is 3.50. The summed E-state index contributed by atoms with van der Waals surface area (Å²) in [5.41, 5.74) is 0.313. The van der Waals surface area contributed by atoms with E-state index in [1.807, 2.05) is 7.05 Å². The molecule has 2 nitrogen and oxygen atoms in total. The van der Waals surface area contributed by atoms with Gasteiger partial charge in [-0.2, -0.15) is 0 Å². The lowest BCUT2D eigenvalue weighted by molar-refractivity contribution is 0.373. The fraction of sp³-hybridized carbons (Fsp3) is 1.00. The molecule has 11 heavy (non-hydrogen) atoms. The Hall–Kier alpha value is -0.0800. The van der Waals surface area contributed by atoms with Gasteiger partial charge in [-0.1, -0.05) is 6.92 Å². The predicted octanol–water partition coefficient (Wildman–Crippen LogP) is 1.37. The summed E-state index contributed by atoms with van der Waals surface area (Å²) >= 11 is 0. The number of hydrogen-bond acceptors (Lipinski definition) is 2. The lowest BCUT2D eigenvalue weighted by Crippen LogP contribution is -2.39. The molecule has 0 atom stereocenters. The Morgan fingerprint density at radius 2 is 1.82 bits per heavy atom. The zero-order valence-electron chi connectivity index (χ0n) is 8.33. The lowest BCUT2D eigenvalue weighted by atomic mass is 10.0. The molecule has 0 saturated carbocycles. The van der Waals surface area contributed by atoms with Crippen LogP contribution in [0.25, 0.3) is 0 Å². The molecule has 0 rings (SSSR count). The van der Waals surface area contributed by atoms with E-state index in [2.05, 4.69) is 31.4 Å². The van der Waals surface area contributed by atoms with Crippen molar-refractivity contribution in [3.63, 3.8) is 0 Å². The van der Waals surface area contributed by atoms with Crippen molar-refractivity contribution in [2.75, 3.05) is 20.1 Å². The first-order valence-corrected chi connectivity index (χ1v) is 4.52. The highest BCUT2D eigenvalue weighted by molar-refractivity contribution is 4.74. The monoisotopic (exact) mass is 158 g/mol. The van der Waals surface area contributed by atoms with Gasteiger partial charge in [-0.15, -0.1) is 0 Å². The molecule has 68 valence electrons. The van der Waals surface area contributed by atoms with E-state index in [-0.39, 0.29) is 0 Å². The maximum Gasteiger partial charge on any atom is 0.0122 e. The summed E-state index contributed by atoms with van der Waals surface area (Å²) < 4.78 is 0. The quantitative estimate of drug-likeness (QED) is 0.571. The van der Waals surface area contributed by atoms with Crippen molar-refractivity contribution in [1.29, 1.82) is 0 Å². The van der Waals surface area contributed by atoms with E-state index in [0.717, 1.165) is 13.1 Å². The molecule has 2 N–H and O–H groups in total. The SMILES string of the molecule is CCC(C)(C)NCCCNC. The summed E-state index contributed by atoms with van der Waals surface area (Å²) in [5.74, 6) is 0.